The quantitative estimate of drug-likeness (QED) is 0.877. The van der Waals surface area contributed by atoms with Crippen molar-refractivity contribution < 1.29 is 4.74 Å². The number of hydrogen-bond donors (Lipinski definition) is 1. The number of rotatable bonds is 4. The summed E-state index contributed by atoms with van der Waals surface area (Å²) >= 11 is 1.84. The molecule has 1 saturated heterocycles. The highest BCUT2D eigenvalue weighted by Gasteiger charge is 2.25. The third-order valence-corrected chi connectivity index (χ3v) is 5.03. The second-order valence-electron chi connectivity index (χ2n) is 5.43. The molecule has 128 valence electrons. The van der Waals surface area contributed by atoms with Gasteiger partial charge in [0.1, 0.15) is 5.75 Å². The lowest BCUT2D eigenvalue weighted by Crippen LogP contribution is -2.45. The molecular weight excluding hydrogens is 351 g/mol. The van der Waals surface area contributed by atoms with Crippen LogP contribution in [0.2, 0.25) is 0 Å². The fourth-order valence-electron chi connectivity index (χ4n) is 3.00. The van der Waals surface area contributed by atoms with Crippen LogP contribution in [0.1, 0.15) is 22.0 Å². The Morgan fingerprint density at radius 3 is 2.48 bits per heavy atom. The summed E-state index contributed by atoms with van der Waals surface area (Å²) in [4.78, 5) is 4.00. The molecule has 0 saturated carbocycles. The fourth-order valence-corrected chi connectivity index (χ4v) is 3.88. The number of thiophene rings is 1. The van der Waals surface area contributed by atoms with Crippen LogP contribution in [0, 0.1) is 6.92 Å². The van der Waals surface area contributed by atoms with Crippen molar-refractivity contribution in [3.05, 3.63) is 51.7 Å². The maximum atomic E-state index is 5.34. The molecular formula is C17H24Cl2N2OS. The maximum Gasteiger partial charge on any atom is 0.119 e. The Bertz CT molecular complexity index is 586. The standard InChI is InChI=1S/C17H22N2OS.2ClH/c1-13-12-14(20-2)5-6-15(13)17(16-4-3-11-21-16)19-9-7-18-8-10-19;;/h3-6,11-12,17-18H,7-10H2,1-2H3;2*1H/t17-;;/m1../s1. The van der Waals surface area contributed by atoms with Crippen LogP contribution in [0.25, 0.3) is 0 Å². The van der Waals surface area contributed by atoms with Gasteiger partial charge in [-0.25, -0.2) is 0 Å². The minimum absolute atomic E-state index is 0. The second kappa shape index (κ2) is 9.50. The lowest BCUT2D eigenvalue weighted by molar-refractivity contribution is 0.200. The minimum Gasteiger partial charge on any atom is -0.497 e. The number of nitrogens with one attached hydrogen (secondary N) is 1. The summed E-state index contributed by atoms with van der Waals surface area (Å²) in [7, 11) is 1.72. The summed E-state index contributed by atoms with van der Waals surface area (Å²) in [6.45, 7) is 6.50. The summed E-state index contributed by atoms with van der Waals surface area (Å²) in [5.74, 6) is 0.932. The maximum absolute atomic E-state index is 5.34. The van der Waals surface area contributed by atoms with Crippen molar-refractivity contribution in [2.24, 2.45) is 0 Å². The summed E-state index contributed by atoms with van der Waals surface area (Å²) < 4.78 is 5.34. The van der Waals surface area contributed by atoms with Gasteiger partial charge in [-0.15, -0.1) is 36.2 Å². The van der Waals surface area contributed by atoms with Gasteiger partial charge in [0.15, 0.2) is 0 Å². The number of halogens is 2. The third kappa shape index (κ3) is 4.61. The van der Waals surface area contributed by atoms with Gasteiger partial charge in [-0.1, -0.05) is 12.1 Å². The van der Waals surface area contributed by atoms with Crippen LogP contribution in [0.5, 0.6) is 5.75 Å². The monoisotopic (exact) mass is 374 g/mol. The molecule has 23 heavy (non-hydrogen) atoms. The fraction of sp³-hybridized carbons (Fsp3) is 0.412. The number of hydrogen-bond acceptors (Lipinski definition) is 4. The number of ether oxygens (including phenoxy) is 1. The Hall–Kier alpha value is -0.780. The van der Waals surface area contributed by atoms with Crippen LogP contribution in [-0.2, 0) is 0 Å². The van der Waals surface area contributed by atoms with Gasteiger partial charge in [0.2, 0.25) is 0 Å². The first kappa shape index (κ1) is 20.3. The topological polar surface area (TPSA) is 24.5 Å². The molecule has 1 aliphatic rings. The molecule has 0 radical (unpaired) electrons. The van der Waals surface area contributed by atoms with Gasteiger partial charge in [0, 0.05) is 31.1 Å². The highest BCUT2D eigenvalue weighted by atomic mass is 35.5. The van der Waals surface area contributed by atoms with E-state index < -0.39 is 0 Å². The first-order valence-electron chi connectivity index (χ1n) is 7.42. The largest absolute Gasteiger partial charge is 0.497 e. The summed E-state index contributed by atoms with van der Waals surface area (Å²) in [5.41, 5.74) is 2.69. The van der Waals surface area contributed by atoms with Gasteiger partial charge in [-0.2, -0.15) is 0 Å². The average Bonchev–Trinajstić information content (AvgIpc) is 3.04. The van der Waals surface area contributed by atoms with E-state index in [-0.39, 0.29) is 24.8 Å². The number of piperazine rings is 1. The van der Waals surface area contributed by atoms with Crippen LogP contribution >= 0.6 is 36.2 Å². The van der Waals surface area contributed by atoms with Crippen LogP contribution in [0.4, 0.5) is 0 Å². The average molecular weight is 375 g/mol. The number of aryl methyl sites for hydroxylation is 1. The molecule has 1 aromatic heterocycles. The molecule has 1 N–H and O–H groups in total. The molecule has 0 spiro atoms. The lowest BCUT2D eigenvalue weighted by Gasteiger charge is -2.35. The smallest absolute Gasteiger partial charge is 0.119 e. The predicted molar refractivity (Wildman–Crippen MR) is 103 cm³/mol. The molecule has 3 nitrogen and oxygen atoms in total. The number of methoxy groups -OCH3 is 1. The number of benzene rings is 1. The van der Waals surface area contributed by atoms with Gasteiger partial charge in [-0.3, -0.25) is 4.90 Å². The molecule has 1 fully saturated rings. The Kier molecular flexibility index (Phi) is 8.37. The summed E-state index contributed by atoms with van der Waals surface area (Å²) in [6, 6.07) is 11.2. The summed E-state index contributed by atoms with van der Waals surface area (Å²) in [5, 5.41) is 5.61. The zero-order chi connectivity index (χ0) is 14.7. The van der Waals surface area contributed by atoms with Crippen molar-refractivity contribution >= 4 is 36.2 Å². The predicted octanol–water partition coefficient (Wildman–Crippen LogP) is 3.90. The van der Waals surface area contributed by atoms with Crippen molar-refractivity contribution in [1.82, 2.24) is 10.2 Å². The van der Waals surface area contributed by atoms with Gasteiger partial charge in [0.05, 0.1) is 13.2 Å². The second-order valence-corrected chi connectivity index (χ2v) is 6.41. The SMILES string of the molecule is COc1ccc([C@H](c2cccs2)N2CCNCC2)c(C)c1.Cl.Cl. The minimum atomic E-state index is 0. The molecule has 1 atom stereocenters. The molecule has 2 aromatic rings. The molecule has 1 aromatic carbocycles. The Morgan fingerprint density at radius 1 is 1.17 bits per heavy atom. The third-order valence-electron chi connectivity index (χ3n) is 4.10. The van der Waals surface area contributed by atoms with E-state index >= 15 is 0 Å². The zero-order valence-corrected chi connectivity index (χ0v) is 15.9. The molecule has 0 bridgehead atoms. The van der Waals surface area contributed by atoms with E-state index in [4.69, 9.17) is 4.74 Å². The highest BCUT2D eigenvalue weighted by molar-refractivity contribution is 7.10. The molecule has 1 aliphatic heterocycles. The molecule has 0 unspecified atom stereocenters. The molecule has 2 heterocycles. The van der Waals surface area contributed by atoms with Gasteiger partial charge in [-0.05, 0) is 41.6 Å². The van der Waals surface area contributed by atoms with Crippen molar-refractivity contribution in [2.75, 3.05) is 33.3 Å². The first-order chi connectivity index (χ1) is 10.3. The Balaban J connectivity index is 0.00000132. The molecule has 3 rings (SSSR count). The van der Waals surface area contributed by atoms with Crippen molar-refractivity contribution in [1.29, 1.82) is 0 Å². The lowest BCUT2D eigenvalue weighted by atomic mass is 9.97. The van der Waals surface area contributed by atoms with Crippen LogP contribution in [-0.4, -0.2) is 38.2 Å². The van der Waals surface area contributed by atoms with Crippen LogP contribution in [0.3, 0.4) is 0 Å². The highest BCUT2D eigenvalue weighted by Crippen LogP contribution is 2.34. The van der Waals surface area contributed by atoms with Crippen LogP contribution < -0.4 is 10.1 Å². The Morgan fingerprint density at radius 2 is 1.91 bits per heavy atom. The van der Waals surface area contributed by atoms with Crippen molar-refractivity contribution in [3.8, 4) is 5.75 Å². The van der Waals surface area contributed by atoms with Crippen molar-refractivity contribution in [3.63, 3.8) is 0 Å². The van der Waals surface area contributed by atoms with Gasteiger partial charge >= 0.3 is 0 Å². The Labute approximate surface area is 154 Å². The molecule has 6 heteroatoms. The van der Waals surface area contributed by atoms with Gasteiger partial charge in [0.25, 0.3) is 0 Å². The van der Waals surface area contributed by atoms with Gasteiger partial charge < -0.3 is 10.1 Å². The zero-order valence-electron chi connectivity index (χ0n) is 13.5. The normalized spacial score (nSPS) is 16.1. The summed E-state index contributed by atoms with van der Waals surface area (Å²) in [6.07, 6.45) is 0. The first-order valence-corrected chi connectivity index (χ1v) is 8.30. The number of nitrogens with zero attached hydrogens (tertiary/aromatic N) is 1. The van der Waals surface area contributed by atoms with E-state index in [1.807, 2.05) is 11.3 Å². The van der Waals surface area contributed by atoms with E-state index in [0.717, 1.165) is 31.9 Å². The van der Waals surface area contributed by atoms with E-state index in [0.29, 0.717) is 6.04 Å². The van der Waals surface area contributed by atoms with E-state index in [1.165, 1.54) is 16.0 Å². The molecule has 0 aliphatic carbocycles. The van der Waals surface area contributed by atoms with E-state index in [9.17, 15) is 0 Å². The van der Waals surface area contributed by atoms with Crippen LogP contribution in [0.15, 0.2) is 35.7 Å². The van der Waals surface area contributed by atoms with E-state index in [2.05, 4.69) is 52.9 Å². The van der Waals surface area contributed by atoms with Crippen molar-refractivity contribution in [2.45, 2.75) is 13.0 Å². The van der Waals surface area contributed by atoms with E-state index in [1.54, 1.807) is 7.11 Å². The molecule has 0 amide bonds.